The zero-order valence-electron chi connectivity index (χ0n) is 6.28. The first kappa shape index (κ1) is 10.2. The van der Waals surface area contributed by atoms with Crippen molar-refractivity contribution < 1.29 is 19.4 Å². The van der Waals surface area contributed by atoms with Gasteiger partial charge in [-0.05, 0) is 0 Å². The summed E-state index contributed by atoms with van der Waals surface area (Å²) in [6, 6.07) is 0. The molecule has 0 fully saturated rings. The first-order chi connectivity index (χ1) is 5.27. The molecule has 66 valence electrons. The van der Waals surface area contributed by atoms with Gasteiger partial charge in [0, 0.05) is 19.6 Å². The Morgan fingerprint density at radius 3 is 2.64 bits per heavy atom. The van der Waals surface area contributed by atoms with Crippen molar-refractivity contribution in [1.29, 1.82) is 0 Å². The molecule has 3 N–H and O–H groups in total. The van der Waals surface area contributed by atoms with Crippen LogP contribution in [-0.4, -0.2) is 37.6 Å². The van der Waals surface area contributed by atoms with Gasteiger partial charge in [0.05, 0.1) is 13.2 Å². The fourth-order valence-electron chi connectivity index (χ4n) is 0.506. The molecule has 0 unspecified atom stereocenters. The van der Waals surface area contributed by atoms with E-state index >= 15 is 0 Å². The second kappa shape index (κ2) is 7.30. The summed E-state index contributed by atoms with van der Waals surface area (Å²) in [7, 11) is 0. The molecule has 0 aromatic carbocycles. The third-order valence-corrected chi connectivity index (χ3v) is 0.921. The Morgan fingerprint density at radius 2 is 2.09 bits per heavy atom. The van der Waals surface area contributed by atoms with Gasteiger partial charge < -0.3 is 20.3 Å². The first-order valence-electron chi connectivity index (χ1n) is 3.41. The Morgan fingerprint density at radius 1 is 1.36 bits per heavy atom. The Balaban J connectivity index is 2.85. The maximum absolute atomic E-state index is 9.81. The van der Waals surface area contributed by atoms with E-state index in [0.29, 0.717) is 26.2 Å². The monoisotopic (exact) mass is 163 g/mol. The van der Waals surface area contributed by atoms with Gasteiger partial charge in [0.15, 0.2) is 0 Å². The molecule has 0 spiro atoms. The van der Waals surface area contributed by atoms with Crippen LogP contribution in [0.2, 0.25) is 0 Å². The summed E-state index contributed by atoms with van der Waals surface area (Å²) in [6.45, 7) is 1.66. The van der Waals surface area contributed by atoms with Crippen LogP contribution in [-0.2, 0) is 9.47 Å². The first-order valence-corrected chi connectivity index (χ1v) is 3.41. The Hall–Kier alpha value is -0.810. The molecule has 0 amide bonds. The molecule has 0 saturated heterocycles. The van der Waals surface area contributed by atoms with E-state index in [1.54, 1.807) is 0 Å². The van der Waals surface area contributed by atoms with Crippen LogP contribution in [0.25, 0.3) is 0 Å². The molecule has 0 aromatic rings. The van der Waals surface area contributed by atoms with Crippen molar-refractivity contribution in [2.24, 2.45) is 5.73 Å². The standard InChI is InChI=1S/C6H13NO4/c7-2-5-10-3-1-4-11-6(8)9/h1-5,7H2,(H,8,9). The molecule has 0 atom stereocenters. The van der Waals surface area contributed by atoms with E-state index in [2.05, 4.69) is 4.74 Å². The van der Waals surface area contributed by atoms with Crippen molar-refractivity contribution in [3.63, 3.8) is 0 Å². The van der Waals surface area contributed by atoms with Gasteiger partial charge in [-0.25, -0.2) is 4.79 Å². The Labute approximate surface area is 65.1 Å². The predicted octanol–water partition coefficient (Wildman–Crippen LogP) is 0.0464. The SMILES string of the molecule is NCCOCCCOC(=O)O. The summed E-state index contributed by atoms with van der Waals surface area (Å²) in [6.07, 6.45) is -0.671. The van der Waals surface area contributed by atoms with Crippen molar-refractivity contribution in [3.05, 3.63) is 0 Å². The third-order valence-electron chi connectivity index (χ3n) is 0.921. The maximum atomic E-state index is 9.81. The molecule has 0 bridgehead atoms. The quantitative estimate of drug-likeness (QED) is 0.427. The van der Waals surface area contributed by atoms with E-state index in [0.717, 1.165) is 0 Å². The van der Waals surface area contributed by atoms with E-state index < -0.39 is 6.16 Å². The lowest BCUT2D eigenvalue weighted by molar-refractivity contribution is 0.0740. The number of carboxylic acid groups (broad SMARTS) is 1. The van der Waals surface area contributed by atoms with Crippen LogP contribution >= 0.6 is 0 Å². The molecule has 0 aliphatic rings. The highest BCUT2D eigenvalue weighted by Gasteiger charge is 1.94. The van der Waals surface area contributed by atoms with Gasteiger partial charge in [0.1, 0.15) is 0 Å². The highest BCUT2D eigenvalue weighted by Crippen LogP contribution is 1.84. The molecule has 11 heavy (non-hydrogen) atoms. The predicted molar refractivity (Wildman–Crippen MR) is 38.5 cm³/mol. The zero-order chi connectivity index (χ0) is 8.53. The van der Waals surface area contributed by atoms with Crippen LogP contribution in [0.1, 0.15) is 6.42 Å². The van der Waals surface area contributed by atoms with Crippen LogP contribution in [0.4, 0.5) is 4.79 Å². The van der Waals surface area contributed by atoms with Gasteiger partial charge >= 0.3 is 6.16 Å². The van der Waals surface area contributed by atoms with E-state index in [4.69, 9.17) is 15.6 Å². The Bertz CT molecular complexity index is 107. The minimum atomic E-state index is -1.25. The van der Waals surface area contributed by atoms with Gasteiger partial charge in [0.2, 0.25) is 0 Å². The molecule has 5 heteroatoms. The third kappa shape index (κ3) is 9.19. The molecular formula is C6H13NO4. The summed E-state index contributed by atoms with van der Waals surface area (Å²) in [5.74, 6) is 0. The summed E-state index contributed by atoms with van der Waals surface area (Å²) in [5.41, 5.74) is 5.14. The lowest BCUT2D eigenvalue weighted by Crippen LogP contribution is -2.10. The van der Waals surface area contributed by atoms with Crippen molar-refractivity contribution >= 4 is 6.16 Å². The van der Waals surface area contributed by atoms with Crippen LogP contribution in [0.15, 0.2) is 0 Å². The second-order valence-electron chi connectivity index (χ2n) is 1.87. The number of carbonyl (C=O) groups is 1. The van der Waals surface area contributed by atoms with E-state index in [1.165, 1.54) is 0 Å². The van der Waals surface area contributed by atoms with Gasteiger partial charge in [-0.2, -0.15) is 0 Å². The summed E-state index contributed by atoms with van der Waals surface area (Å²) in [5, 5.41) is 8.03. The van der Waals surface area contributed by atoms with Crippen LogP contribution in [0.5, 0.6) is 0 Å². The largest absolute Gasteiger partial charge is 0.505 e. The summed E-state index contributed by atoms with van der Waals surface area (Å²) in [4.78, 5) is 9.81. The van der Waals surface area contributed by atoms with Gasteiger partial charge in [0.25, 0.3) is 0 Å². The molecule has 0 saturated carbocycles. The lowest BCUT2D eigenvalue weighted by atomic mass is 10.5. The fraction of sp³-hybridized carbons (Fsp3) is 0.833. The fourth-order valence-corrected chi connectivity index (χ4v) is 0.506. The van der Waals surface area contributed by atoms with Crippen molar-refractivity contribution in [2.45, 2.75) is 6.42 Å². The number of ether oxygens (including phenoxy) is 2. The van der Waals surface area contributed by atoms with Gasteiger partial charge in [-0.1, -0.05) is 0 Å². The minimum Gasteiger partial charge on any atom is -0.450 e. The van der Waals surface area contributed by atoms with Crippen molar-refractivity contribution in [2.75, 3.05) is 26.4 Å². The van der Waals surface area contributed by atoms with E-state index in [1.807, 2.05) is 0 Å². The van der Waals surface area contributed by atoms with Crippen LogP contribution in [0, 0.1) is 0 Å². The normalized spacial score (nSPS) is 9.55. The molecule has 0 aliphatic heterocycles. The zero-order valence-corrected chi connectivity index (χ0v) is 6.28. The summed E-state index contributed by atoms with van der Waals surface area (Å²) < 4.78 is 9.19. The molecule has 0 aliphatic carbocycles. The molecular weight excluding hydrogens is 150 g/mol. The molecule has 0 radical (unpaired) electrons. The Kier molecular flexibility index (Phi) is 6.76. The number of rotatable bonds is 6. The lowest BCUT2D eigenvalue weighted by Gasteiger charge is -2.01. The molecule has 0 aromatic heterocycles. The molecule has 0 heterocycles. The van der Waals surface area contributed by atoms with E-state index in [-0.39, 0.29) is 6.61 Å². The highest BCUT2D eigenvalue weighted by atomic mass is 16.7. The summed E-state index contributed by atoms with van der Waals surface area (Å²) >= 11 is 0. The topological polar surface area (TPSA) is 81.8 Å². The van der Waals surface area contributed by atoms with Crippen molar-refractivity contribution in [3.8, 4) is 0 Å². The number of nitrogens with two attached hydrogens (primary N) is 1. The molecule has 0 rings (SSSR count). The van der Waals surface area contributed by atoms with Gasteiger partial charge in [-0.15, -0.1) is 0 Å². The second-order valence-corrected chi connectivity index (χ2v) is 1.87. The average molecular weight is 163 g/mol. The number of hydrogen-bond acceptors (Lipinski definition) is 4. The van der Waals surface area contributed by atoms with Crippen molar-refractivity contribution in [1.82, 2.24) is 0 Å². The number of hydrogen-bond donors (Lipinski definition) is 2. The highest BCUT2D eigenvalue weighted by molar-refractivity contribution is 5.56. The average Bonchev–Trinajstić information content (AvgIpc) is 1.96. The van der Waals surface area contributed by atoms with Crippen LogP contribution < -0.4 is 5.73 Å². The minimum absolute atomic E-state index is 0.180. The van der Waals surface area contributed by atoms with Gasteiger partial charge in [-0.3, -0.25) is 0 Å². The molecule has 5 nitrogen and oxygen atoms in total. The van der Waals surface area contributed by atoms with Crippen LogP contribution in [0.3, 0.4) is 0 Å². The maximum Gasteiger partial charge on any atom is 0.505 e. The van der Waals surface area contributed by atoms with E-state index in [9.17, 15) is 4.79 Å². The smallest absolute Gasteiger partial charge is 0.450 e.